The molecule has 0 spiro atoms. The summed E-state index contributed by atoms with van der Waals surface area (Å²) in [5.41, 5.74) is 0.449. The van der Waals surface area contributed by atoms with Gasteiger partial charge in [0.15, 0.2) is 0 Å². The third kappa shape index (κ3) is 2.27. The summed E-state index contributed by atoms with van der Waals surface area (Å²) in [5, 5.41) is 0.704. The zero-order valence-electron chi connectivity index (χ0n) is 8.00. The van der Waals surface area contributed by atoms with E-state index in [1.54, 1.807) is 12.0 Å². The summed E-state index contributed by atoms with van der Waals surface area (Å²) in [6.07, 6.45) is 0.434. The van der Waals surface area contributed by atoms with E-state index in [4.69, 9.17) is 27.9 Å². The molecule has 82 valence electrons. The van der Waals surface area contributed by atoms with Gasteiger partial charge in [0.25, 0.3) is 0 Å². The Morgan fingerprint density at radius 3 is 2.69 bits per heavy atom. The maximum Gasteiger partial charge on any atom is 0.319 e. The minimum absolute atomic E-state index is 0.314. The summed E-state index contributed by atoms with van der Waals surface area (Å²) in [6, 6.07) is 4.53. The molecule has 5 heteroatoms. The van der Waals surface area contributed by atoms with E-state index in [1.165, 1.54) is 12.1 Å². The van der Waals surface area contributed by atoms with Gasteiger partial charge in [-0.1, -0.05) is 23.2 Å². The first-order chi connectivity index (χ1) is 7.61. The molecule has 1 saturated carbocycles. The number of rotatable bonds is 2. The summed E-state index contributed by atoms with van der Waals surface area (Å²) in [7, 11) is 0. The number of halogens is 2. The molecule has 1 fully saturated rings. The number of carbonyl (C=O) groups excluding carboxylic acids is 2. The number of hydrogen-bond acceptors (Lipinski definition) is 3. The molecule has 1 aliphatic carbocycles. The molecule has 0 amide bonds. The van der Waals surface area contributed by atoms with E-state index < -0.39 is 11.9 Å². The molecule has 0 bridgehead atoms. The Kier molecular flexibility index (Phi) is 3.01. The molecule has 1 aromatic rings. The predicted octanol–water partition coefficient (Wildman–Crippen LogP) is 2.68. The van der Waals surface area contributed by atoms with Crippen LogP contribution in [0.25, 0.3) is 0 Å². The number of ether oxygens (including phenoxy) is 1. The van der Waals surface area contributed by atoms with E-state index in [2.05, 4.69) is 0 Å². The molecule has 0 heterocycles. The molecule has 0 N–H and O–H groups in total. The Morgan fingerprint density at radius 1 is 1.38 bits per heavy atom. The van der Waals surface area contributed by atoms with Gasteiger partial charge in [-0.3, -0.25) is 4.79 Å². The Morgan fingerprint density at radius 2 is 2.12 bits per heavy atom. The fourth-order valence-corrected chi connectivity index (χ4v) is 1.52. The van der Waals surface area contributed by atoms with Crippen molar-refractivity contribution in [2.24, 2.45) is 5.92 Å². The van der Waals surface area contributed by atoms with Crippen LogP contribution in [0, 0.1) is 5.92 Å². The van der Waals surface area contributed by atoms with Crippen LogP contribution in [-0.2, 0) is 9.59 Å². The molecule has 0 aromatic heterocycles. The van der Waals surface area contributed by atoms with Crippen molar-refractivity contribution in [3.8, 4) is 5.75 Å². The Hall–Kier alpha value is -1.28. The first-order valence-corrected chi connectivity index (χ1v) is 5.28. The van der Waals surface area contributed by atoms with Gasteiger partial charge in [-0.2, -0.15) is 0 Å². The van der Waals surface area contributed by atoms with Gasteiger partial charge in [0, 0.05) is 11.6 Å². The topological polar surface area (TPSA) is 43.4 Å². The fraction of sp³-hybridized carbons (Fsp3) is 0.182. The van der Waals surface area contributed by atoms with Gasteiger partial charge in [-0.15, -0.1) is 0 Å². The zero-order chi connectivity index (χ0) is 11.7. The van der Waals surface area contributed by atoms with Gasteiger partial charge >= 0.3 is 5.97 Å². The largest absolute Gasteiger partial charge is 0.426 e. The lowest BCUT2D eigenvalue weighted by atomic mass is 10.3. The maximum atomic E-state index is 11.4. The van der Waals surface area contributed by atoms with E-state index in [-0.39, 0.29) is 0 Å². The SMILES string of the molecule is O=C=C1CC1C(=O)Oc1ccc(Cl)c(Cl)c1. The van der Waals surface area contributed by atoms with Gasteiger partial charge in [0.05, 0.1) is 16.0 Å². The molecule has 0 saturated heterocycles. The lowest BCUT2D eigenvalue weighted by Crippen LogP contribution is -2.10. The lowest BCUT2D eigenvalue weighted by molar-refractivity contribution is -0.135. The zero-order valence-corrected chi connectivity index (χ0v) is 9.51. The quantitative estimate of drug-likeness (QED) is 0.464. The molecule has 16 heavy (non-hydrogen) atoms. The van der Waals surface area contributed by atoms with Gasteiger partial charge < -0.3 is 4.74 Å². The minimum Gasteiger partial charge on any atom is -0.426 e. The van der Waals surface area contributed by atoms with Crippen molar-refractivity contribution in [1.29, 1.82) is 0 Å². The van der Waals surface area contributed by atoms with Crippen LogP contribution >= 0.6 is 23.2 Å². The normalized spacial score (nSPS) is 17.9. The van der Waals surface area contributed by atoms with Crippen molar-refractivity contribution in [3.63, 3.8) is 0 Å². The van der Waals surface area contributed by atoms with Crippen LogP contribution in [0.2, 0.25) is 10.0 Å². The van der Waals surface area contributed by atoms with Crippen molar-refractivity contribution in [2.45, 2.75) is 6.42 Å². The molecular weight excluding hydrogens is 251 g/mol. The van der Waals surface area contributed by atoms with Crippen molar-refractivity contribution < 1.29 is 14.3 Å². The van der Waals surface area contributed by atoms with Gasteiger partial charge in [0.1, 0.15) is 11.7 Å². The number of esters is 1. The number of hydrogen-bond donors (Lipinski definition) is 0. The highest BCUT2D eigenvalue weighted by atomic mass is 35.5. The van der Waals surface area contributed by atoms with E-state index in [1.807, 2.05) is 0 Å². The molecule has 0 radical (unpaired) electrons. The molecule has 3 nitrogen and oxygen atoms in total. The van der Waals surface area contributed by atoms with Gasteiger partial charge in [-0.25, -0.2) is 4.79 Å². The van der Waals surface area contributed by atoms with Crippen LogP contribution in [0.4, 0.5) is 0 Å². The third-order valence-corrected chi connectivity index (χ3v) is 2.95. The van der Waals surface area contributed by atoms with Gasteiger partial charge in [0.2, 0.25) is 0 Å². The van der Waals surface area contributed by atoms with Crippen molar-refractivity contribution in [3.05, 3.63) is 33.8 Å². The fourth-order valence-electron chi connectivity index (χ4n) is 1.23. The second-order valence-electron chi connectivity index (χ2n) is 3.38. The molecule has 1 unspecified atom stereocenters. The highest BCUT2D eigenvalue weighted by molar-refractivity contribution is 6.42. The second-order valence-corrected chi connectivity index (χ2v) is 4.20. The summed E-state index contributed by atoms with van der Waals surface area (Å²) in [6.45, 7) is 0. The van der Waals surface area contributed by atoms with E-state index in [0.29, 0.717) is 27.8 Å². The highest BCUT2D eigenvalue weighted by Crippen LogP contribution is 2.36. The van der Waals surface area contributed by atoms with Crippen molar-refractivity contribution in [1.82, 2.24) is 0 Å². The van der Waals surface area contributed by atoms with Crippen molar-refractivity contribution in [2.75, 3.05) is 0 Å². The van der Waals surface area contributed by atoms with Crippen LogP contribution < -0.4 is 4.74 Å². The molecule has 1 aromatic carbocycles. The maximum absolute atomic E-state index is 11.4. The molecular formula is C11H6Cl2O3. The summed E-state index contributed by atoms with van der Waals surface area (Å²) >= 11 is 11.5. The average molecular weight is 257 g/mol. The highest BCUT2D eigenvalue weighted by Gasteiger charge is 2.40. The van der Waals surface area contributed by atoms with Crippen LogP contribution in [-0.4, -0.2) is 11.9 Å². The first-order valence-electron chi connectivity index (χ1n) is 4.52. The molecule has 2 rings (SSSR count). The Labute approximate surface area is 102 Å². The minimum atomic E-state index is -0.461. The standard InChI is InChI=1S/C11H6Cl2O3/c12-9-2-1-7(4-10(9)13)16-11(15)8-3-6(8)5-14/h1-2,4,8H,3H2. The van der Waals surface area contributed by atoms with Gasteiger partial charge in [-0.05, 0) is 18.6 Å². The molecule has 1 atom stereocenters. The summed E-state index contributed by atoms with van der Waals surface area (Å²) < 4.78 is 5.02. The van der Waals surface area contributed by atoms with E-state index >= 15 is 0 Å². The van der Waals surface area contributed by atoms with Crippen LogP contribution in [0.15, 0.2) is 23.8 Å². The Balaban J connectivity index is 2.07. The predicted molar refractivity (Wildman–Crippen MR) is 59.4 cm³/mol. The first kappa shape index (κ1) is 11.2. The number of benzene rings is 1. The van der Waals surface area contributed by atoms with E-state index in [9.17, 15) is 9.59 Å². The smallest absolute Gasteiger partial charge is 0.319 e. The third-order valence-electron chi connectivity index (χ3n) is 2.21. The second kappa shape index (κ2) is 4.30. The van der Waals surface area contributed by atoms with Crippen molar-refractivity contribution >= 4 is 35.1 Å². The molecule has 1 aliphatic rings. The molecule has 0 aliphatic heterocycles. The summed E-state index contributed by atoms with van der Waals surface area (Å²) in [4.78, 5) is 21.7. The average Bonchev–Trinajstić information content (AvgIpc) is 3.02. The Bertz CT molecular complexity index is 504. The monoisotopic (exact) mass is 256 g/mol. The number of carbonyl (C=O) groups is 1. The lowest BCUT2D eigenvalue weighted by Gasteiger charge is -2.03. The van der Waals surface area contributed by atoms with E-state index in [0.717, 1.165) is 0 Å². The van der Waals surface area contributed by atoms with Crippen LogP contribution in [0.3, 0.4) is 0 Å². The summed E-state index contributed by atoms with van der Waals surface area (Å²) in [5.74, 6) is 1.11. The van der Waals surface area contributed by atoms with Crippen LogP contribution in [0.5, 0.6) is 5.75 Å². The van der Waals surface area contributed by atoms with Crippen LogP contribution in [0.1, 0.15) is 6.42 Å².